The van der Waals surface area contributed by atoms with E-state index in [1.807, 2.05) is 32.9 Å². The Kier molecular flexibility index (Phi) is 6.11. The number of nitrogens with zero attached hydrogens (tertiary/aromatic N) is 2. The molecule has 0 bridgehead atoms. The summed E-state index contributed by atoms with van der Waals surface area (Å²) < 4.78 is 6.36. The summed E-state index contributed by atoms with van der Waals surface area (Å²) in [6.07, 6.45) is 1.64. The fourth-order valence-electron chi connectivity index (χ4n) is 2.66. The zero-order valence-corrected chi connectivity index (χ0v) is 16.0. The van der Waals surface area contributed by atoms with Gasteiger partial charge in [0, 0.05) is 24.1 Å². The average molecular weight is 394 g/mol. The first-order valence-electron chi connectivity index (χ1n) is 8.20. The number of anilines is 1. The zero-order valence-electron chi connectivity index (χ0n) is 14.4. The molecule has 0 saturated carbocycles. The van der Waals surface area contributed by atoms with Crippen molar-refractivity contribution in [3.63, 3.8) is 0 Å². The van der Waals surface area contributed by atoms with Gasteiger partial charge in [0.2, 0.25) is 0 Å². The summed E-state index contributed by atoms with van der Waals surface area (Å²) in [6.45, 7) is 7.87. The second-order valence-electron chi connectivity index (χ2n) is 7.09. The van der Waals surface area contributed by atoms with Gasteiger partial charge in [0.1, 0.15) is 11.7 Å². The number of ether oxygens (including phenoxy) is 1. The van der Waals surface area contributed by atoms with Crippen LogP contribution in [0.2, 0.25) is 0 Å². The van der Waals surface area contributed by atoms with E-state index in [0.29, 0.717) is 24.6 Å². The Bertz CT molecular complexity index is 626. The predicted octanol–water partition coefficient (Wildman–Crippen LogP) is 4.38. The molecule has 1 aromatic carbocycles. The van der Waals surface area contributed by atoms with Crippen LogP contribution in [-0.4, -0.2) is 36.2 Å². The SMILES string of the molecule is CC(C)(C)OC(=O)N1CCC(CNc2cc(Br)ccc2C#N)CC1. The maximum atomic E-state index is 12.1. The largest absolute Gasteiger partial charge is 0.444 e. The summed E-state index contributed by atoms with van der Waals surface area (Å²) in [5.74, 6) is 0.481. The van der Waals surface area contributed by atoms with Crippen LogP contribution in [0.25, 0.3) is 0 Å². The molecule has 6 heteroatoms. The molecule has 1 heterocycles. The molecule has 0 aromatic heterocycles. The van der Waals surface area contributed by atoms with Crippen LogP contribution in [0.5, 0.6) is 0 Å². The normalized spacial score (nSPS) is 15.7. The van der Waals surface area contributed by atoms with Crippen molar-refractivity contribution in [3.05, 3.63) is 28.2 Å². The van der Waals surface area contributed by atoms with Crippen molar-refractivity contribution >= 4 is 27.7 Å². The number of nitrogens with one attached hydrogen (secondary N) is 1. The van der Waals surface area contributed by atoms with Crippen LogP contribution >= 0.6 is 15.9 Å². The Labute approximate surface area is 152 Å². The van der Waals surface area contributed by atoms with E-state index in [-0.39, 0.29) is 6.09 Å². The van der Waals surface area contributed by atoms with Crippen LogP contribution in [0.15, 0.2) is 22.7 Å². The molecule has 5 nitrogen and oxygen atoms in total. The number of rotatable bonds is 3. The Morgan fingerprint density at radius 2 is 2.08 bits per heavy atom. The molecule has 1 N–H and O–H groups in total. The quantitative estimate of drug-likeness (QED) is 0.827. The van der Waals surface area contributed by atoms with Gasteiger partial charge in [-0.05, 0) is 57.7 Å². The molecular formula is C18H24BrN3O2. The summed E-state index contributed by atoms with van der Waals surface area (Å²) in [6, 6.07) is 7.79. The smallest absolute Gasteiger partial charge is 0.410 e. The number of hydrogen-bond acceptors (Lipinski definition) is 4. The number of nitriles is 1. The summed E-state index contributed by atoms with van der Waals surface area (Å²) >= 11 is 3.43. The maximum Gasteiger partial charge on any atom is 0.410 e. The highest BCUT2D eigenvalue weighted by atomic mass is 79.9. The number of carbonyl (C=O) groups is 1. The van der Waals surface area contributed by atoms with E-state index in [1.165, 1.54) is 0 Å². The molecule has 1 amide bonds. The van der Waals surface area contributed by atoms with Crippen molar-refractivity contribution in [2.45, 2.75) is 39.2 Å². The van der Waals surface area contributed by atoms with E-state index in [9.17, 15) is 10.1 Å². The second-order valence-corrected chi connectivity index (χ2v) is 8.01. The van der Waals surface area contributed by atoms with Crippen LogP contribution in [-0.2, 0) is 4.74 Å². The second kappa shape index (κ2) is 7.89. The molecular weight excluding hydrogens is 370 g/mol. The highest BCUT2D eigenvalue weighted by molar-refractivity contribution is 9.10. The minimum atomic E-state index is -0.454. The molecule has 0 unspecified atom stereocenters. The van der Waals surface area contributed by atoms with Gasteiger partial charge in [-0.3, -0.25) is 0 Å². The van der Waals surface area contributed by atoms with E-state index >= 15 is 0 Å². The summed E-state index contributed by atoms with van der Waals surface area (Å²) in [7, 11) is 0. The molecule has 1 aliphatic heterocycles. The zero-order chi connectivity index (χ0) is 17.7. The lowest BCUT2D eigenvalue weighted by Crippen LogP contribution is -2.42. The number of piperidine rings is 1. The highest BCUT2D eigenvalue weighted by Crippen LogP contribution is 2.24. The van der Waals surface area contributed by atoms with E-state index in [4.69, 9.17) is 4.74 Å². The third-order valence-electron chi connectivity index (χ3n) is 3.95. The van der Waals surface area contributed by atoms with Crippen molar-refractivity contribution in [2.75, 3.05) is 25.0 Å². The number of benzene rings is 1. The number of likely N-dealkylation sites (tertiary alicyclic amines) is 1. The van der Waals surface area contributed by atoms with Gasteiger partial charge in [0.15, 0.2) is 0 Å². The molecule has 1 aromatic rings. The topological polar surface area (TPSA) is 65.4 Å². The molecule has 0 aliphatic carbocycles. The van der Waals surface area contributed by atoms with Crippen LogP contribution in [0.4, 0.5) is 10.5 Å². The Morgan fingerprint density at radius 1 is 1.42 bits per heavy atom. The molecule has 1 saturated heterocycles. The van der Waals surface area contributed by atoms with Gasteiger partial charge in [-0.25, -0.2) is 4.79 Å². The molecule has 0 atom stereocenters. The fourth-order valence-corrected chi connectivity index (χ4v) is 3.02. The van der Waals surface area contributed by atoms with E-state index in [0.717, 1.165) is 29.5 Å². The molecule has 0 spiro atoms. The number of amides is 1. The molecule has 1 aliphatic rings. The van der Waals surface area contributed by atoms with Gasteiger partial charge in [0.05, 0.1) is 11.3 Å². The van der Waals surface area contributed by atoms with Crippen molar-refractivity contribution in [1.29, 1.82) is 5.26 Å². The summed E-state index contributed by atoms with van der Waals surface area (Å²) in [5, 5.41) is 12.5. The maximum absolute atomic E-state index is 12.1. The summed E-state index contributed by atoms with van der Waals surface area (Å²) in [4.78, 5) is 13.8. The highest BCUT2D eigenvalue weighted by Gasteiger charge is 2.26. The third-order valence-corrected chi connectivity index (χ3v) is 4.44. The van der Waals surface area contributed by atoms with Crippen LogP contribution in [0, 0.1) is 17.2 Å². The van der Waals surface area contributed by atoms with Crippen LogP contribution in [0.3, 0.4) is 0 Å². The first-order valence-corrected chi connectivity index (χ1v) is 8.99. The molecule has 1 fully saturated rings. The van der Waals surface area contributed by atoms with Gasteiger partial charge >= 0.3 is 6.09 Å². The van der Waals surface area contributed by atoms with Gasteiger partial charge in [0.25, 0.3) is 0 Å². The van der Waals surface area contributed by atoms with E-state index in [1.54, 1.807) is 11.0 Å². The standard InChI is InChI=1S/C18H24BrN3O2/c1-18(2,3)24-17(23)22-8-6-13(7-9-22)12-21-16-10-15(19)5-4-14(16)11-20/h4-5,10,13,21H,6-9,12H2,1-3H3. The predicted molar refractivity (Wildman–Crippen MR) is 97.9 cm³/mol. The van der Waals surface area contributed by atoms with Gasteiger partial charge in [-0.15, -0.1) is 0 Å². The first kappa shape index (κ1) is 18.6. The van der Waals surface area contributed by atoms with Crippen molar-refractivity contribution < 1.29 is 9.53 Å². The van der Waals surface area contributed by atoms with Crippen molar-refractivity contribution in [3.8, 4) is 6.07 Å². The Hall–Kier alpha value is -1.74. The van der Waals surface area contributed by atoms with Crippen LogP contribution in [0.1, 0.15) is 39.2 Å². The van der Waals surface area contributed by atoms with Crippen molar-refractivity contribution in [1.82, 2.24) is 4.90 Å². The Morgan fingerprint density at radius 3 is 2.67 bits per heavy atom. The first-order chi connectivity index (χ1) is 11.3. The average Bonchev–Trinajstić information content (AvgIpc) is 2.52. The minimum Gasteiger partial charge on any atom is -0.444 e. The molecule has 0 radical (unpaired) electrons. The molecule has 24 heavy (non-hydrogen) atoms. The lowest BCUT2D eigenvalue weighted by Gasteiger charge is -2.33. The van der Waals surface area contributed by atoms with Gasteiger partial charge < -0.3 is 15.0 Å². The monoisotopic (exact) mass is 393 g/mol. The number of carbonyl (C=O) groups excluding carboxylic acids is 1. The van der Waals surface area contributed by atoms with Crippen molar-refractivity contribution in [2.24, 2.45) is 5.92 Å². The molecule has 2 rings (SSSR count). The lowest BCUT2D eigenvalue weighted by atomic mass is 9.97. The number of halogens is 1. The van der Waals surface area contributed by atoms with Gasteiger partial charge in [-0.2, -0.15) is 5.26 Å². The molecule has 130 valence electrons. The van der Waals surface area contributed by atoms with E-state index < -0.39 is 5.60 Å². The van der Waals surface area contributed by atoms with E-state index in [2.05, 4.69) is 27.3 Å². The lowest BCUT2D eigenvalue weighted by molar-refractivity contribution is 0.0188. The Balaban J connectivity index is 1.83. The minimum absolute atomic E-state index is 0.229. The third kappa shape index (κ3) is 5.41. The van der Waals surface area contributed by atoms with Crippen LogP contribution < -0.4 is 5.32 Å². The fraction of sp³-hybridized carbons (Fsp3) is 0.556. The number of hydrogen-bond donors (Lipinski definition) is 1. The summed E-state index contributed by atoms with van der Waals surface area (Å²) in [5.41, 5.74) is 1.04. The van der Waals surface area contributed by atoms with Gasteiger partial charge in [-0.1, -0.05) is 15.9 Å².